The molecule has 0 aliphatic heterocycles. The predicted octanol–water partition coefficient (Wildman–Crippen LogP) is 3.82. The summed E-state index contributed by atoms with van der Waals surface area (Å²) in [6.07, 6.45) is 4.58. The van der Waals surface area contributed by atoms with Crippen LogP contribution in [0.15, 0.2) is 77.4 Å². The molecule has 0 spiro atoms. The van der Waals surface area contributed by atoms with Crippen molar-refractivity contribution in [2.45, 2.75) is 13.5 Å². The number of rotatable bonds is 7. The molecule has 0 saturated carbocycles. The van der Waals surface area contributed by atoms with E-state index in [-0.39, 0.29) is 23.5 Å². The highest BCUT2D eigenvalue weighted by Gasteiger charge is 2.08. The van der Waals surface area contributed by atoms with Crippen LogP contribution in [0.25, 0.3) is 6.08 Å². The third-order valence-electron chi connectivity index (χ3n) is 4.08. The largest absolute Gasteiger partial charge is 0.459 e. The predicted molar refractivity (Wildman–Crippen MR) is 115 cm³/mol. The molecule has 0 aliphatic carbocycles. The molecule has 3 amide bonds. The number of hydrogen-bond donors (Lipinski definition) is 3. The molecule has 3 aromatic rings. The first-order valence-electron chi connectivity index (χ1n) is 9.27. The second-order valence-electron chi connectivity index (χ2n) is 6.48. The van der Waals surface area contributed by atoms with Crippen molar-refractivity contribution in [2.24, 2.45) is 0 Å². The molecule has 0 unspecified atom stereocenters. The molecule has 1 heterocycles. The molecule has 1 aromatic heterocycles. The van der Waals surface area contributed by atoms with Crippen molar-refractivity contribution in [3.8, 4) is 0 Å². The Morgan fingerprint density at radius 2 is 1.57 bits per heavy atom. The molecule has 0 aliphatic rings. The first-order valence-corrected chi connectivity index (χ1v) is 9.27. The summed E-state index contributed by atoms with van der Waals surface area (Å²) < 4.78 is 5.05. The zero-order valence-corrected chi connectivity index (χ0v) is 16.3. The molecular weight excluding hydrogens is 382 g/mol. The van der Waals surface area contributed by atoms with Crippen LogP contribution >= 0.6 is 0 Å². The lowest BCUT2D eigenvalue weighted by Gasteiger charge is -2.06. The minimum Gasteiger partial charge on any atom is -0.459 e. The van der Waals surface area contributed by atoms with Gasteiger partial charge in [-0.25, -0.2) is 0 Å². The highest BCUT2D eigenvalue weighted by molar-refractivity contribution is 6.02. The molecule has 3 N–H and O–H groups in total. The molecule has 0 saturated heterocycles. The van der Waals surface area contributed by atoms with Crippen molar-refractivity contribution >= 4 is 35.2 Å². The fraction of sp³-hybridized carbons (Fsp3) is 0.0870. The number of carbonyl (C=O) groups is 3. The molecule has 0 fully saturated rings. The normalized spacial score (nSPS) is 10.6. The third-order valence-corrected chi connectivity index (χ3v) is 4.08. The van der Waals surface area contributed by atoms with Crippen LogP contribution in [0.1, 0.15) is 28.6 Å². The van der Waals surface area contributed by atoms with Gasteiger partial charge in [0.25, 0.3) is 5.91 Å². The van der Waals surface area contributed by atoms with E-state index in [0.29, 0.717) is 17.9 Å². The average Bonchev–Trinajstić information content (AvgIpc) is 3.27. The van der Waals surface area contributed by atoms with Gasteiger partial charge < -0.3 is 20.4 Å². The fourth-order valence-corrected chi connectivity index (χ4v) is 2.61. The second kappa shape index (κ2) is 9.88. The van der Waals surface area contributed by atoms with E-state index in [1.807, 2.05) is 24.3 Å². The summed E-state index contributed by atoms with van der Waals surface area (Å²) in [5.74, 6) is -0.444. The van der Waals surface area contributed by atoms with Gasteiger partial charge in [0.15, 0.2) is 5.76 Å². The molecular formula is C23H21N3O4. The fourth-order valence-electron chi connectivity index (χ4n) is 2.61. The summed E-state index contributed by atoms with van der Waals surface area (Å²) in [7, 11) is 0. The Balaban J connectivity index is 1.46. The zero-order valence-electron chi connectivity index (χ0n) is 16.3. The van der Waals surface area contributed by atoms with Gasteiger partial charge in [-0.3, -0.25) is 14.4 Å². The molecule has 2 aromatic carbocycles. The van der Waals surface area contributed by atoms with E-state index >= 15 is 0 Å². The Kier molecular flexibility index (Phi) is 6.78. The van der Waals surface area contributed by atoms with Crippen LogP contribution in [0.2, 0.25) is 0 Å². The van der Waals surface area contributed by atoms with Crippen molar-refractivity contribution in [2.75, 3.05) is 10.6 Å². The van der Waals surface area contributed by atoms with E-state index in [9.17, 15) is 14.4 Å². The van der Waals surface area contributed by atoms with Crippen molar-refractivity contribution in [1.82, 2.24) is 5.32 Å². The molecule has 30 heavy (non-hydrogen) atoms. The maximum absolute atomic E-state index is 12.0. The highest BCUT2D eigenvalue weighted by Crippen LogP contribution is 2.12. The monoisotopic (exact) mass is 403 g/mol. The van der Waals surface area contributed by atoms with Crippen molar-refractivity contribution in [3.05, 3.63) is 89.9 Å². The van der Waals surface area contributed by atoms with Crippen LogP contribution in [-0.4, -0.2) is 17.7 Å². The average molecular weight is 403 g/mol. The molecule has 0 bridgehead atoms. The van der Waals surface area contributed by atoms with Gasteiger partial charge in [0.2, 0.25) is 11.8 Å². The van der Waals surface area contributed by atoms with Crippen LogP contribution in [0.3, 0.4) is 0 Å². The second-order valence-corrected chi connectivity index (χ2v) is 6.48. The third kappa shape index (κ3) is 6.20. The van der Waals surface area contributed by atoms with E-state index in [1.54, 1.807) is 42.5 Å². The topological polar surface area (TPSA) is 100 Å². The highest BCUT2D eigenvalue weighted by atomic mass is 16.3. The Morgan fingerprint density at radius 3 is 2.20 bits per heavy atom. The SMILES string of the molecule is CC(=O)Nc1ccc(/C=C/C(=O)NCc2ccc(NC(=O)c3ccco3)cc2)cc1. The van der Waals surface area contributed by atoms with Gasteiger partial charge in [-0.2, -0.15) is 0 Å². The lowest BCUT2D eigenvalue weighted by atomic mass is 10.2. The maximum Gasteiger partial charge on any atom is 0.291 e. The van der Waals surface area contributed by atoms with Gasteiger partial charge in [-0.1, -0.05) is 24.3 Å². The van der Waals surface area contributed by atoms with Crippen LogP contribution < -0.4 is 16.0 Å². The summed E-state index contributed by atoms with van der Waals surface area (Å²) in [6, 6.07) is 17.6. The van der Waals surface area contributed by atoms with Gasteiger partial charge in [0.1, 0.15) is 0 Å². The first-order chi connectivity index (χ1) is 14.5. The number of furan rings is 1. The summed E-state index contributed by atoms with van der Waals surface area (Å²) in [5, 5.41) is 8.23. The zero-order chi connectivity index (χ0) is 21.3. The van der Waals surface area contributed by atoms with E-state index in [2.05, 4.69) is 16.0 Å². The number of anilines is 2. The molecule has 152 valence electrons. The smallest absolute Gasteiger partial charge is 0.291 e. The van der Waals surface area contributed by atoms with Crippen molar-refractivity contribution < 1.29 is 18.8 Å². The Labute approximate surface area is 173 Å². The number of nitrogens with one attached hydrogen (secondary N) is 3. The van der Waals surface area contributed by atoms with Gasteiger partial charge >= 0.3 is 0 Å². The number of hydrogen-bond acceptors (Lipinski definition) is 4. The summed E-state index contributed by atoms with van der Waals surface area (Å²) in [4.78, 5) is 35.0. The quantitative estimate of drug-likeness (QED) is 0.522. The molecule has 7 heteroatoms. The minimum atomic E-state index is -0.323. The molecule has 3 rings (SSSR count). The van der Waals surface area contributed by atoms with Crippen molar-refractivity contribution in [3.63, 3.8) is 0 Å². The van der Waals surface area contributed by atoms with E-state index in [4.69, 9.17) is 4.42 Å². The van der Waals surface area contributed by atoms with Crippen LogP contribution in [0, 0.1) is 0 Å². The van der Waals surface area contributed by atoms with Gasteiger partial charge in [-0.05, 0) is 53.6 Å². The standard InChI is InChI=1S/C23H21N3O4/c1-16(27)25-19-9-4-17(5-10-19)8-13-22(28)24-15-18-6-11-20(12-7-18)26-23(29)21-3-2-14-30-21/h2-14H,15H2,1H3,(H,24,28)(H,25,27)(H,26,29)/b13-8+. The lowest BCUT2D eigenvalue weighted by molar-refractivity contribution is -0.116. The van der Waals surface area contributed by atoms with E-state index in [1.165, 1.54) is 19.3 Å². The molecule has 0 radical (unpaired) electrons. The van der Waals surface area contributed by atoms with E-state index < -0.39 is 0 Å². The van der Waals surface area contributed by atoms with Gasteiger partial charge in [0, 0.05) is 30.9 Å². The number of carbonyl (C=O) groups excluding carboxylic acids is 3. The summed E-state index contributed by atoms with van der Waals surface area (Å²) >= 11 is 0. The lowest BCUT2D eigenvalue weighted by Crippen LogP contribution is -2.20. The van der Waals surface area contributed by atoms with Gasteiger partial charge in [0.05, 0.1) is 6.26 Å². The van der Waals surface area contributed by atoms with E-state index in [0.717, 1.165) is 11.1 Å². The molecule has 0 atom stereocenters. The first kappa shape index (κ1) is 20.6. The maximum atomic E-state index is 12.0. The van der Waals surface area contributed by atoms with Crippen molar-refractivity contribution in [1.29, 1.82) is 0 Å². The van der Waals surface area contributed by atoms with Crippen LogP contribution in [0.4, 0.5) is 11.4 Å². The minimum absolute atomic E-state index is 0.134. The Bertz CT molecular complexity index is 1040. The Morgan fingerprint density at radius 1 is 0.900 bits per heavy atom. The van der Waals surface area contributed by atoms with Crippen LogP contribution in [0.5, 0.6) is 0 Å². The number of benzene rings is 2. The van der Waals surface area contributed by atoms with Crippen LogP contribution in [-0.2, 0) is 16.1 Å². The van der Waals surface area contributed by atoms with Gasteiger partial charge in [-0.15, -0.1) is 0 Å². The molecule has 7 nitrogen and oxygen atoms in total. The summed E-state index contributed by atoms with van der Waals surface area (Å²) in [5.41, 5.74) is 3.07. The summed E-state index contributed by atoms with van der Waals surface area (Å²) in [6.45, 7) is 1.81. The Hall–Kier alpha value is -4.13. The number of amides is 3.